The van der Waals surface area contributed by atoms with E-state index < -0.39 is 0 Å². The molecular weight excluding hydrogens is 282 g/mol. The van der Waals surface area contributed by atoms with Gasteiger partial charge >= 0.3 is 0 Å². The van der Waals surface area contributed by atoms with Gasteiger partial charge in [0.1, 0.15) is 5.75 Å². The number of piperidine rings is 1. The van der Waals surface area contributed by atoms with E-state index in [-0.39, 0.29) is 0 Å². The summed E-state index contributed by atoms with van der Waals surface area (Å²) in [7, 11) is 1.74. The Bertz CT molecular complexity index is 588. The zero-order valence-corrected chi connectivity index (χ0v) is 14.1. The minimum atomic E-state index is 0.690. The van der Waals surface area contributed by atoms with Crippen LogP contribution in [-0.4, -0.2) is 31.6 Å². The lowest BCUT2D eigenvalue weighted by Crippen LogP contribution is -2.33. The lowest BCUT2D eigenvalue weighted by molar-refractivity contribution is 0.210. The summed E-state index contributed by atoms with van der Waals surface area (Å²) in [5, 5.41) is 0. The predicted molar refractivity (Wildman–Crippen MR) is 96.2 cm³/mol. The van der Waals surface area contributed by atoms with E-state index in [1.807, 2.05) is 6.07 Å². The Balaban J connectivity index is 1.43. The summed E-state index contributed by atoms with van der Waals surface area (Å²) in [6, 6.07) is 19.4. The first-order chi connectivity index (χ1) is 11.3. The van der Waals surface area contributed by atoms with E-state index in [2.05, 4.69) is 53.4 Å². The number of ether oxygens (including phenoxy) is 1. The first kappa shape index (κ1) is 16.1. The van der Waals surface area contributed by atoms with Gasteiger partial charge < -0.3 is 9.64 Å². The minimum Gasteiger partial charge on any atom is -0.497 e. The topological polar surface area (TPSA) is 12.5 Å². The van der Waals surface area contributed by atoms with E-state index in [0.29, 0.717) is 5.92 Å². The first-order valence-electron chi connectivity index (χ1n) is 8.75. The second kappa shape index (κ2) is 8.16. The highest BCUT2D eigenvalue weighted by molar-refractivity contribution is 5.31. The zero-order valence-electron chi connectivity index (χ0n) is 14.1. The second-order valence-electron chi connectivity index (χ2n) is 6.48. The van der Waals surface area contributed by atoms with Crippen LogP contribution in [0.5, 0.6) is 5.75 Å². The minimum absolute atomic E-state index is 0.690. The Morgan fingerprint density at radius 1 is 1.00 bits per heavy atom. The average Bonchev–Trinajstić information content (AvgIpc) is 2.63. The van der Waals surface area contributed by atoms with Crippen molar-refractivity contribution in [3.8, 4) is 5.75 Å². The van der Waals surface area contributed by atoms with Gasteiger partial charge in [0.15, 0.2) is 0 Å². The predicted octanol–water partition coefficient (Wildman–Crippen LogP) is 4.51. The number of rotatable bonds is 6. The standard InChI is InChI=1S/C21H27NO/c1-23-21-11-5-10-20(17-21)19-12-15-22(16-13-19)14-6-9-18-7-3-2-4-8-18/h2-5,7-8,10-11,17,19H,6,9,12-16H2,1H3. The van der Waals surface area contributed by atoms with Crippen molar-refractivity contribution < 1.29 is 4.74 Å². The molecule has 0 saturated carbocycles. The molecule has 1 saturated heterocycles. The monoisotopic (exact) mass is 309 g/mol. The van der Waals surface area contributed by atoms with Crippen LogP contribution < -0.4 is 4.74 Å². The lowest BCUT2D eigenvalue weighted by atomic mass is 9.89. The molecule has 0 atom stereocenters. The van der Waals surface area contributed by atoms with Gasteiger partial charge in [-0.15, -0.1) is 0 Å². The normalized spacial score (nSPS) is 16.4. The van der Waals surface area contributed by atoms with Crippen molar-refractivity contribution in [1.29, 1.82) is 0 Å². The Morgan fingerprint density at radius 2 is 1.78 bits per heavy atom. The number of hydrogen-bond acceptors (Lipinski definition) is 2. The largest absolute Gasteiger partial charge is 0.497 e. The quantitative estimate of drug-likeness (QED) is 0.778. The van der Waals surface area contributed by atoms with Crippen LogP contribution in [0.25, 0.3) is 0 Å². The molecule has 0 radical (unpaired) electrons. The molecule has 0 unspecified atom stereocenters. The highest BCUT2D eigenvalue weighted by Gasteiger charge is 2.20. The van der Waals surface area contributed by atoms with Gasteiger partial charge in [-0.05, 0) is 74.5 Å². The van der Waals surface area contributed by atoms with E-state index in [1.165, 1.54) is 56.4 Å². The molecular formula is C21H27NO. The van der Waals surface area contributed by atoms with Crippen LogP contribution >= 0.6 is 0 Å². The van der Waals surface area contributed by atoms with Gasteiger partial charge in [-0.3, -0.25) is 0 Å². The van der Waals surface area contributed by atoms with Crippen LogP contribution in [0.1, 0.15) is 36.3 Å². The summed E-state index contributed by atoms with van der Waals surface area (Å²) < 4.78 is 5.35. The molecule has 0 spiro atoms. The van der Waals surface area contributed by atoms with Crippen LogP contribution in [0, 0.1) is 0 Å². The van der Waals surface area contributed by atoms with Crippen molar-refractivity contribution in [2.24, 2.45) is 0 Å². The fourth-order valence-corrected chi connectivity index (χ4v) is 3.54. The molecule has 1 fully saturated rings. The van der Waals surface area contributed by atoms with Crippen molar-refractivity contribution in [2.75, 3.05) is 26.7 Å². The number of aryl methyl sites for hydroxylation is 1. The maximum atomic E-state index is 5.35. The van der Waals surface area contributed by atoms with E-state index in [0.717, 1.165) is 5.75 Å². The molecule has 1 aliphatic heterocycles. The highest BCUT2D eigenvalue weighted by Crippen LogP contribution is 2.30. The number of methoxy groups -OCH3 is 1. The smallest absolute Gasteiger partial charge is 0.119 e. The molecule has 1 aliphatic rings. The fourth-order valence-electron chi connectivity index (χ4n) is 3.54. The number of hydrogen-bond donors (Lipinski definition) is 0. The summed E-state index contributed by atoms with van der Waals surface area (Å²) in [6.45, 7) is 3.66. The third-order valence-corrected chi connectivity index (χ3v) is 4.94. The summed E-state index contributed by atoms with van der Waals surface area (Å²) >= 11 is 0. The number of benzene rings is 2. The second-order valence-corrected chi connectivity index (χ2v) is 6.48. The van der Waals surface area contributed by atoms with Crippen LogP contribution in [0.4, 0.5) is 0 Å². The Kier molecular flexibility index (Phi) is 5.71. The Hall–Kier alpha value is -1.80. The molecule has 1 heterocycles. The summed E-state index contributed by atoms with van der Waals surface area (Å²) in [4.78, 5) is 2.62. The van der Waals surface area contributed by atoms with Gasteiger partial charge in [-0.2, -0.15) is 0 Å². The third kappa shape index (κ3) is 4.59. The molecule has 0 amide bonds. The summed E-state index contributed by atoms with van der Waals surface area (Å²) in [6.07, 6.45) is 4.97. The summed E-state index contributed by atoms with van der Waals surface area (Å²) in [5.41, 5.74) is 2.90. The van der Waals surface area contributed by atoms with E-state index in [4.69, 9.17) is 4.74 Å². The van der Waals surface area contributed by atoms with E-state index >= 15 is 0 Å². The van der Waals surface area contributed by atoms with E-state index in [1.54, 1.807) is 7.11 Å². The molecule has 2 aromatic carbocycles. The molecule has 2 nitrogen and oxygen atoms in total. The SMILES string of the molecule is COc1cccc(C2CCN(CCCc3ccccc3)CC2)c1. The third-order valence-electron chi connectivity index (χ3n) is 4.94. The number of likely N-dealkylation sites (tertiary alicyclic amines) is 1. The maximum Gasteiger partial charge on any atom is 0.119 e. The van der Waals surface area contributed by atoms with Crippen molar-refractivity contribution in [2.45, 2.75) is 31.6 Å². The van der Waals surface area contributed by atoms with Gasteiger partial charge in [-0.1, -0.05) is 42.5 Å². The van der Waals surface area contributed by atoms with Gasteiger partial charge in [-0.25, -0.2) is 0 Å². The van der Waals surface area contributed by atoms with Gasteiger partial charge in [0.05, 0.1) is 7.11 Å². The molecule has 2 aromatic rings. The van der Waals surface area contributed by atoms with Crippen molar-refractivity contribution in [3.05, 3.63) is 65.7 Å². The highest BCUT2D eigenvalue weighted by atomic mass is 16.5. The summed E-state index contributed by atoms with van der Waals surface area (Å²) in [5.74, 6) is 1.67. The van der Waals surface area contributed by atoms with Gasteiger partial charge in [0.25, 0.3) is 0 Å². The molecule has 0 N–H and O–H groups in total. The van der Waals surface area contributed by atoms with Crippen LogP contribution in [0.2, 0.25) is 0 Å². The Morgan fingerprint density at radius 3 is 2.52 bits per heavy atom. The molecule has 23 heavy (non-hydrogen) atoms. The van der Waals surface area contributed by atoms with Crippen molar-refractivity contribution in [3.63, 3.8) is 0 Å². The molecule has 0 aliphatic carbocycles. The van der Waals surface area contributed by atoms with Crippen LogP contribution in [0.15, 0.2) is 54.6 Å². The van der Waals surface area contributed by atoms with Crippen molar-refractivity contribution in [1.82, 2.24) is 4.90 Å². The fraction of sp³-hybridized carbons (Fsp3) is 0.429. The molecule has 0 bridgehead atoms. The van der Waals surface area contributed by atoms with Crippen molar-refractivity contribution >= 4 is 0 Å². The van der Waals surface area contributed by atoms with Crippen LogP contribution in [-0.2, 0) is 6.42 Å². The van der Waals surface area contributed by atoms with E-state index in [9.17, 15) is 0 Å². The number of nitrogens with zero attached hydrogens (tertiary/aromatic N) is 1. The van der Waals surface area contributed by atoms with Gasteiger partial charge in [0, 0.05) is 0 Å². The molecule has 3 rings (SSSR count). The molecule has 2 heteroatoms. The molecule has 122 valence electrons. The van der Waals surface area contributed by atoms with Crippen LogP contribution in [0.3, 0.4) is 0 Å². The maximum absolute atomic E-state index is 5.35. The first-order valence-corrected chi connectivity index (χ1v) is 8.75. The lowest BCUT2D eigenvalue weighted by Gasteiger charge is -2.32. The average molecular weight is 309 g/mol. The Labute approximate surface area is 140 Å². The van der Waals surface area contributed by atoms with Gasteiger partial charge in [0.2, 0.25) is 0 Å². The molecule has 0 aromatic heterocycles. The zero-order chi connectivity index (χ0) is 15.9.